The quantitative estimate of drug-likeness (QED) is 0.343. The second-order valence-electron chi connectivity index (χ2n) is 9.94. The van der Waals surface area contributed by atoms with Gasteiger partial charge in [0.1, 0.15) is 5.75 Å². The molecule has 4 aliphatic rings. The first-order valence-corrected chi connectivity index (χ1v) is 12.6. The van der Waals surface area contributed by atoms with Crippen molar-refractivity contribution in [3.63, 3.8) is 0 Å². The van der Waals surface area contributed by atoms with Crippen LogP contribution in [-0.4, -0.2) is 28.9 Å². The minimum atomic E-state index is -0.283. The average Bonchev–Trinajstić information content (AvgIpc) is 3.16. The van der Waals surface area contributed by atoms with Crippen LogP contribution in [0.2, 0.25) is 0 Å². The summed E-state index contributed by atoms with van der Waals surface area (Å²) in [7, 11) is 0. The molecule has 4 bridgehead atoms. The number of aromatic hydroxyl groups is 1. The molecule has 4 fully saturated rings. The normalized spacial score (nSPS) is 28.4. The first kappa shape index (κ1) is 21.4. The second-order valence-corrected chi connectivity index (χ2v) is 10.8. The van der Waals surface area contributed by atoms with E-state index in [1.54, 1.807) is 13.1 Å². The lowest BCUT2D eigenvalue weighted by molar-refractivity contribution is -0.142. The van der Waals surface area contributed by atoms with Crippen molar-refractivity contribution in [3.05, 3.63) is 39.9 Å². The van der Waals surface area contributed by atoms with Crippen molar-refractivity contribution in [1.82, 2.24) is 4.98 Å². The molecular weight excluding hydrogens is 422 g/mol. The van der Waals surface area contributed by atoms with Crippen LogP contribution >= 0.6 is 11.3 Å². The SMILES string of the molecule is CCOC(=O)Cc1csc(NN=Cc2cc(C)cc(C34CC5CC(CC(C5)C3)C4)c2O)n1. The second kappa shape index (κ2) is 8.50. The van der Waals surface area contributed by atoms with Crippen molar-refractivity contribution >= 4 is 28.7 Å². The van der Waals surface area contributed by atoms with Crippen molar-refractivity contribution in [2.75, 3.05) is 12.0 Å². The number of carbonyl (C=O) groups is 1. The van der Waals surface area contributed by atoms with Gasteiger partial charge in [-0.05, 0) is 87.2 Å². The number of anilines is 1. The van der Waals surface area contributed by atoms with Crippen molar-refractivity contribution in [2.45, 2.75) is 64.2 Å². The van der Waals surface area contributed by atoms with Gasteiger partial charge in [-0.1, -0.05) is 6.07 Å². The van der Waals surface area contributed by atoms with Gasteiger partial charge < -0.3 is 9.84 Å². The Morgan fingerprint density at radius 1 is 1.28 bits per heavy atom. The van der Waals surface area contributed by atoms with Gasteiger partial charge >= 0.3 is 5.97 Å². The van der Waals surface area contributed by atoms with Gasteiger partial charge in [-0.3, -0.25) is 10.2 Å². The van der Waals surface area contributed by atoms with E-state index in [-0.39, 0.29) is 17.8 Å². The number of thiazole rings is 1. The van der Waals surface area contributed by atoms with E-state index in [1.165, 1.54) is 49.9 Å². The third kappa shape index (κ3) is 4.15. The first-order chi connectivity index (χ1) is 15.4. The molecule has 0 aliphatic heterocycles. The highest BCUT2D eigenvalue weighted by atomic mass is 32.1. The molecule has 0 unspecified atom stereocenters. The van der Waals surface area contributed by atoms with E-state index in [2.05, 4.69) is 28.5 Å². The van der Waals surface area contributed by atoms with Crippen LogP contribution < -0.4 is 5.43 Å². The molecule has 1 aromatic carbocycles. The minimum Gasteiger partial charge on any atom is -0.507 e. The Bertz CT molecular complexity index is 1010. The number of carbonyl (C=O) groups excluding carboxylic acids is 1. The molecule has 0 atom stereocenters. The molecule has 0 spiro atoms. The standard InChI is InChI=1S/C25H31N3O3S/c1-3-31-22(29)9-20-14-32-24(27-20)28-26-13-19-4-15(2)5-21(23(19)30)25-10-16-6-17(11-25)8-18(7-16)12-25/h4-5,13-14,16-18,30H,3,6-12H2,1-2H3,(H,27,28). The maximum atomic E-state index is 11.6. The van der Waals surface area contributed by atoms with Crippen molar-refractivity contribution in [2.24, 2.45) is 22.9 Å². The Morgan fingerprint density at radius 2 is 1.97 bits per heavy atom. The highest BCUT2D eigenvalue weighted by Crippen LogP contribution is 2.62. The van der Waals surface area contributed by atoms with Crippen LogP contribution in [-0.2, 0) is 21.4 Å². The Labute approximate surface area is 193 Å². The molecule has 4 saturated carbocycles. The first-order valence-electron chi connectivity index (χ1n) is 11.7. The maximum Gasteiger partial charge on any atom is 0.311 e. The van der Waals surface area contributed by atoms with Crippen molar-refractivity contribution < 1.29 is 14.6 Å². The number of rotatable bonds is 7. The molecule has 1 aromatic heterocycles. The molecule has 6 nitrogen and oxygen atoms in total. The molecule has 4 aliphatic carbocycles. The molecule has 0 saturated heterocycles. The van der Waals surface area contributed by atoms with Crippen LogP contribution in [0.25, 0.3) is 0 Å². The van der Waals surface area contributed by atoms with Crippen LogP contribution in [0, 0.1) is 24.7 Å². The molecule has 170 valence electrons. The van der Waals surface area contributed by atoms with Gasteiger partial charge in [-0.25, -0.2) is 4.98 Å². The molecule has 0 radical (unpaired) electrons. The summed E-state index contributed by atoms with van der Waals surface area (Å²) in [6.07, 6.45) is 9.64. The lowest BCUT2D eigenvalue weighted by Gasteiger charge is -2.57. The number of phenolic OH excluding ortho intramolecular Hbond substituents is 1. The summed E-state index contributed by atoms with van der Waals surface area (Å²) in [6, 6.07) is 4.19. The number of esters is 1. The number of nitrogens with zero attached hydrogens (tertiary/aromatic N) is 2. The van der Waals surface area contributed by atoms with E-state index < -0.39 is 0 Å². The monoisotopic (exact) mass is 453 g/mol. The number of hydrogen-bond donors (Lipinski definition) is 2. The lowest BCUT2D eigenvalue weighted by Crippen LogP contribution is -2.48. The predicted molar refractivity (Wildman–Crippen MR) is 126 cm³/mol. The number of nitrogens with one attached hydrogen (secondary N) is 1. The summed E-state index contributed by atoms with van der Waals surface area (Å²) in [5, 5.41) is 18.0. The third-order valence-corrected chi connectivity index (χ3v) is 8.24. The van der Waals surface area contributed by atoms with E-state index in [0.29, 0.717) is 23.2 Å². The highest BCUT2D eigenvalue weighted by molar-refractivity contribution is 7.13. The Balaban J connectivity index is 1.32. The van der Waals surface area contributed by atoms with Gasteiger partial charge in [0.05, 0.1) is 24.9 Å². The lowest BCUT2D eigenvalue weighted by atomic mass is 9.48. The van der Waals surface area contributed by atoms with Gasteiger partial charge in [-0.15, -0.1) is 11.3 Å². The van der Waals surface area contributed by atoms with E-state index in [0.717, 1.165) is 34.4 Å². The number of hydrogen-bond acceptors (Lipinski definition) is 7. The van der Waals surface area contributed by atoms with Crippen LogP contribution in [0.15, 0.2) is 22.6 Å². The molecule has 2 N–H and O–H groups in total. The topological polar surface area (TPSA) is 83.8 Å². The Morgan fingerprint density at radius 3 is 2.62 bits per heavy atom. The zero-order valence-electron chi connectivity index (χ0n) is 18.8. The largest absolute Gasteiger partial charge is 0.507 e. The summed E-state index contributed by atoms with van der Waals surface area (Å²) in [5.74, 6) is 2.58. The molecule has 0 amide bonds. The van der Waals surface area contributed by atoms with Gasteiger partial charge in [0.2, 0.25) is 5.13 Å². The van der Waals surface area contributed by atoms with Crippen LogP contribution in [0.5, 0.6) is 5.75 Å². The van der Waals surface area contributed by atoms with E-state index in [9.17, 15) is 9.90 Å². The van der Waals surface area contributed by atoms with Crippen LogP contribution in [0.1, 0.15) is 67.8 Å². The summed E-state index contributed by atoms with van der Waals surface area (Å²) < 4.78 is 4.96. The Kier molecular flexibility index (Phi) is 5.70. The van der Waals surface area contributed by atoms with Crippen LogP contribution in [0.4, 0.5) is 5.13 Å². The summed E-state index contributed by atoms with van der Waals surface area (Å²) in [4.78, 5) is 16.0. The smallest absolute Gasteiger partial charge is 0.311 e. The summed E-state index contributed by atoms with van der Waals surface area (Å²) in [6.45, 7) is 4.25. The summed E-state index contributed by atoms with van der Waals surface area (Å²) in [5.41, 5.74) is 6.76. The zero-order valence-corrected chi connectivity index (χ0v) is 19.6. The average molecular weight is 454 g/mol. The van der Waals surface area contributed by atoms with E-state index in [1.807, 2.05) is 11.4 Å². The van der Waals surface area contributed by atoms with Crippen LogP contribution in [0.3, 0.4) is 0 Å². The van der Waals surface area contributed by atoms with Crippen molar-refractivity contribution in [3.8, 4) is 5.75 Å². The molecule has 2 aromatic rings. The van der Waals surface area contributed by atoms with E-state index >= 15 is 0 Å². The third-order valence-electron chi connectivity index (χ3n) is 7.44. The zero-order chi connectivity index (χ0) is 22.3. The fourth-order valence-electron chi connectivity index (χ4n) is 6.71. The number of benzene rings is 1. The summed E-state index contributed by atoms with van der Waals surface area (Å²) >= 11 is 1.39. The molecule has 7 heteroatoms. The van der Waals surface area contributed by atoms with Gasteiger partial charge in [0, 0.05) is 16.5 Å². The Hall–Kier alpha value is -2.41. The number of ether oxygens (including phenoxy) is 1. The van der Waals surface area contributed by atoms with Gasteiger partial charge in [0.15, 0.2) is 0 Å². The minimum absolute atomic E-state index is 0.137. The molecule has 6 rings (SSSR count). The molecular formula is C25H31N3O3S. The predicted octanol–water partition coefficient (Wildman–Crippen LogP) is 5.18. The highest BCUT2D eigenvalue weighted by Gasteiger charge is 2.52. The number of hydrazone groups is 1. The number of aryl methyl sites for hydroxylation is 1. The van der Waals surface area contributed by atoms with Gasteiger partial charge in [0.25, 0.3) is 0 Å². The van der Waals surface area contributed by atoms with Gasteiger partial charge in [-0.2, -0.15) is 5.10 Å². The van der Waals surface area contributed by atoms with Crippen molar-refractivity contribution in [1.29, 1.82) is 0 Å². The molecule has 32 heavy (non-hydrogen) atoms. The maximum absolute atomic E-state index is 11.6. The number of phenols is 1. The fraction of sp³-hybridized carbons (Fsp3) is 0.560. The van der Waals surface area contributed by atoms with E-state index in [4.69, 9.17) is 4.74 Å². The number of aromatic nitrogens is 1. The molecule has 1 heterocycles. The fourth-order valence-corrected chi connectivity index (χ4v) is 7.37.